The van der Waals surface area contributed by atoms with Crippen LogP contribution in [0.4, 0.5) is 0 Å². The Morgan fingerprint density at radius 2 is 1.53 bits per heavy atom. The molecule has 0 unspecified atom stereocenters. The van der Waals surface area contributed by atoms with Crippen LogP contribution in [0.2, 0.25) is 0 Å². The van der Waals surface area contributed by atoms with Crippen LogP contribution in [0, 0.1) is 11.8 Å². The van der Waals surface area contributed by atoms with Gasteiger partial charge >= 0.3 is 0 Å². The van der Waals surface area contributed by atoms with Crippen LogP contribution in [-0.4, -0.2) is 22.7 Å². The Kier molecular flexibility index (Phi) is 19.6. The Bertz CT molecular complexity index is 1080. The first kappa shape index (κ1) is 36.7. The van der Waals surface area contributed by atoms with Gasteiger partial charge in [0.05, 0.1) is 18.2 Å². The molecule has 238 valence electrons. The van der Waals surface area contributed by atoms with Crippen molar-refractivity contribution < 1.29 is 9.59 Å². The Balaban J connectivity index is 1.66. The van der Waals surface area contributed by atoms with Gasteiger partial charge in [-0.2, -0.15) is 0 Å². The van der Waals surface area contributed by atoms with Crippen molar-refractivity contribution in [3.05, 3.63) is 76.3 Å². The van der Waals surface area contributed by atoms with Crippen molar-refractivity contribution in [1.29, 1.82) is 0 Å². The minimum atomic E-state index is -0.431. The van der Waals surface area contributed by atoms with Gasteiger partial charge in [-0.1, -0.05) is 108 Å². The minimum absolute atomic E-state index is 0.0245. The molecule has 0 saturated carbocycles. The van der Waals surface area contributed by atoms with Crippen LogP contribution in [0.5, 0.6) is 0 Å². The molecule has 0 fully saturated rings. The summed E-state index contributed by atoms with van der Waals surface area (Å²) in [5, 5.41) is 3.98. The molecule has 0 bridgehead atoms. The number of carbonyl (C=O) groups excluding carboxylic acids is 2. The van der Waals surface area contributed by atoms with Crippen LogP contribution in [0.3, 0.4) is 0 Å². The fourth-order valence-electron chi connectivity index (χ4n) is 5.34. The fraction of sp³-hybridized carbons (Fsp3) is 0.605. The van der Waals surface area contributed by atoms with Crippen molar-refractivity contribution in [2.75, 3.05) is 0 Å². The number of thiazole rings is 1. The molecule has 1 aromatic heterocycles. The highest BCUT2D eigenvalue weighted by atomic mass is 32.1. The number of hydrogen-bond donors (Lipinski definition) is 1. The fourth-order valence-corrected chi connectivity index (χ4v) is 6.58. The number of fused-ring (bicyclic) bond motifs is 1. The van der Waals surface area contributed by atoms with E-state index >= 15 is 0 Å². The molecule has 1 aliphatic carbocycles. The number of ketones is 1. The molecule has 2 rings (SSSR count). The van der Waals surface area contributed by atoms with E-state index in [2.05, 4.69) is 93.8 Å². The summed E-state index contributed by atoms with van der Waals surface area (Å²) in [5.41, 5.74) is 1.21. The molecule has 0 saturated heterocycles. The van der Waals surface area contributed by atoms with Gasteiger partial charge in [0.25, 0.3) is 0 Å². The second-order valence-electron chi connectivity index (χ2n) is 12.2. The summed E-state index contributed by atoms with van der Waals surface area (Å²) in [6.45, 7) is 8.61. The SMILES string of the molecule is CC/C=C\C/C=C\C/C=C\C/C=C\C/C=C\CCCC(=O)N[C@@H](CC(C)C)C(=O)Cc1nc2c(s1)C[C@H](CCCC)CC2. The molecule has 1 N–H and O–H groups in total. The molecule has 2 atom stereocenters. The molecule has 0 spiro atoms. The maximum absolute atomic E-state index is 13.3. The van der Waals surface area contributed by atoms with Crippen LogP contribution < -0.4 is 5.32 Å². The Morgan fingerprint density at radius 1 is 0.907 bits per heavy atom. The first-order chi connectivity index (χ1) is 20.9. The standard InChI is InChI=1S/C38H58N2O2S/c1-5-7-9-10-11-12-13-14-15-16-17-18-19-20-21-22-23-25-37(42)39-34(28-31(3)4)35(41)30-38-40-33-27-26-32(24-8-6-2)29-36(33)43-38/h7,9,11-12,14-15,17-18,20-21,31-32,34H,5-6,8,10,13,16,19,22-30H2,1-4H3,(H,39,42)/b9-7-,12-11-,15-14-,18-17-,21-20-/t32-,34+/m1/s1. The molecule has 1 aromatic rings. The number of carbonyl (C=O) groups is 2. The van der Waals surface area contributed by atoms with E-state index in [1.54, 1.807) is 11.3 Å². The summed E-state index contributed by atoms with van der Waals surface area (Å²) in [4.78, 5) is 32.2. The number of aryl methyl sites for hydroxylation is 1. The maximum Gasteiger partial charge on any atom is 0.220 e. The normalized spacial score (nSPS) is 16.4. The molecule has 1 amide bonds. The van der Waals surface area contributed by atoms with E-state index in [-0.39, 0.29) is 11.7 Å². The third-order valence-electron chi connectivity index (χ3n) is 7.74. The average Bonchev–Trinajstić information content (AvgIpc) is 3.38. The van der Waals surface area contributed by atoms with E-state index in [1.165, 1.54) is 36.3 Å². The van der Waals surface area contributed by atoms with Gasteiger partial charge in [0.1, 0.15) is 5.01 Å². The molecule has 0 aliphatic heterocycles. The molecule has 4 nitrogen and oxygen atoms in total. The van der Waals surface area contributed by atoms with E-state index in [9.17, 15) is 9.59 Å². The van der Waals surface area contributed by atoms with Gasteiger partial charge in [0.15, 0.2) is 5.78 Å². The van der Waals surface area contributed by atoms with Gasteiger partial charge in [-0.3, -0.25) is 9.59 Å². The van der Waals surface area contributed by atoms with Crippen LogP contribution >= 0.6 is 11.3 Å². The molecule has 1 aliphatic rings. The second kappa shape index (κ2) is 22.9. The number of hydrogen-bond acceptors (Lipinski definition) is 4. The van der Waals surface area contributed by atoms with Gasteiger partial charge in [-0.05, 0) is 82.5 Å². The van der Waals surface area contributed by atoms with Gasteiger partial charge in [0.2, 0.25) is 5.91 Å². The van der Waals surface area contributed by atoms with Crippen molar-refractivity contribution >= 4 is 23.0 Å². The molecule has 0 radical (unpaired) electrons. The summed E-state index contributed by atoms with van der Waals surface area (Å²) in [6, 6.07) is -0.431. The minimum Gasteiger partial charge on any atom is -0.346 e. The van der Waals surface area contributed by atoms with E-state index < -0.39 is 6.04 Å². The summed E-state index contributed by atoms with van der Waals surface area (Å²) in [5.74, 6) is 1.16. The topological polar surface area (TPSA) is 59.1 Å². The molecular weight excluding hydrogens is 548 g/mol. The Morgan fingerprint density at radius 3 is 2.14 bits per heavy atom. The quantitative estimate of drug-likeness (QED) is 0.106. The lowest BCUT2D eigenvalue weighted by molar-refractivity contribution is -0.127. The maximum atomic E-state index is 13.3. The van der Waals surface area contributed by atoms with Crippen LogP contribution in [0.25, 0.3) is 0 Å². The largest absolute Gasteiger partial charge is 0.346 e. The molecular formula is C38H58N2O2S. The summed E-state index contributed by atoms with van der Waals surface area (Å²) >= 11 is 1.73. The first-order valence-corrected chi connectivity index (χ1v) is 17.8. The number of rotatable bonds is 22. The second-order valence-corrected chi connectivity index (χ2v) is 13.4. The van der Waals surface area contributed by atoms with E-state index in [0.717, 1.165) is 68.7 Å². The van der Waals surface area contributed by atoms with Crippen LogP contribution in [0.15, 0.2) is 60.8 Å². The first-order valence-electron chi connectivity index (χ1n) is 17.0. The lowest BCUT2D eigenvalue weighted by atomic mass is 9.87. The third kappa shape index (κ3) is 16.8. The highest BCUT2D eigenvalue weighted by Gasteiger charge is 2.26. The molecule has 1 heterocycles. The van der Waals surface area contributed by atoms with Crippen molar-refractivity contribution in [1.82, 2.24) is 10.3 Å². The monoisotopic (exact) mass is 606 g/mol. The summed E-state index contributed by atoms with van der Waals surface area (Å²) < 4.78 is 0. The summed E-state index contributed by atoms with van der Waals surface area (Å²) in [7, 11) is 0. The zero-order chi connectivity index (χ0) is 31.1. The van der Waals surface area contributed by atoms with E-state index in [4.69, 9.17) is 4.98 Å². The lowest BCUT2D eigenvalue weighted by Crippen LogP contribution is -2.42. The number of Topliss-reactive ketones (excluding diaryl/α,β-unsaturated/α-hetero) is 1. The van der Waals surface area contributed by atoms with E-state index in [1.807, 2.05) is 0 Å². The lowest BCUT2D eigenvalue weighted by Gasteiger charge is -2.20. The highest BCUT2D eigenvalue weighted by Crippen LogP contribution is 2.32. The number of unbranched alkanes of at least 4 members (excludes halogenated alkanes) is 2. The third-order valence-corrected chi connectivity index (χ3v) is 8.86. The van der Waals surface area contributed by atoms with Crippen LogP contribution in [0.1, 0.15) is 127 Å². The highest BCUT2D eigenvalue weighted by molar-refractivity contribution is 7.11. The zero-order valence-electron chi connectivity index (χ0n) is 27.5. The van der Waals surface area contributed by atoms with Gasteiger partial charge in [-0.15, -0.1) is 11.3 Å². The van der Waals surface area contributed by atoms with Gasteiger partial charge in [-0.25, -0.2) is 4.98 Å². The number of allylic oxidation sites excluding steroid dienone is 10. The van der Waals surface area contributed by atoms with Gasteiger partial charge in [0, 0.05) is 11.3 Å². The van der Waals surface area contributed by atoms with Crippen molar-refractivity contribution in [3.8, 4) is 0 Å². The predicted octanol–water partition coefficient (Wildman–Crippen LogP) is 10.0. The van der Waals surface area contributed by atoms with Crippen molar-refractivity contribution in [2.24, 2.45) is 11.8 Å². The molecule has 5 heteroatoms. The van der Waals surface area contributed by atoms with Crippen molar-refractivity contribution in [3.63, 3.8) is 0 Å². The summed E-state index contributed by atoms with van der Waals surface area (Å²) in [6.07, 6.45) is 37.2. The number of aromatic nitrogens is 1. The number of amides is 1. The smallest absolute Gasteiger partial charge is 0.220 e. The van der Waals surface area contributed by atoms with Crippen molar-refractivity contribution in [2.45, 2.75) is 136 Å². The van der Waals surface area contributed by atoms with E-state index in [0.29, 0.717) is 25.2 Å². The average molecular weight is 607 g/mol. The molecule has 0 aromatic carbocycles. The number of nitrogens with one attached hydrogen (secondary N) is 1. The Hall–Kier alpha value is -2.53. The molecule has 43 heavy (non-hydrogen) atoms. The van der Waals surface area contributed by atoms with Gasteiger partial charge < -0.3 is 5.32 Å². The predicted molar refractivity (Wildman–Crippen MR) is 186 cm³/mol. The zero-order valence-corrected chi connectivity index (χ0v) is 28.3. The number of nitrogens with zero attached hydrogens (tertiary/aromatic N) is 1. The van der Waals surface area contributed by atoms with Crippen LogP contribution in [-0.2, 0) is 28.9 Å². The Labute approximate surface area is 266 Å².